The molecule has 12 heteroatoms. The second-order valence-corrected chi connectivity index (χ2v) is 10.8. The summed E-state index contributed by atoms with van der Waals surface area (Å²) in [5.41, 5.74) is 4.06. The molecular weight excluding hydrogens is 548 g/mol. The zero-order valence-electron chi connectivity index (χ0n) is 18.9. The Bertz CT molecular complexity index is 1050. The van der Waals surface area contributed by atoms with Gasteiger partial charge in [-0.1, -0.05) is 11.2 Å². The van der Waals surface area contributed by atoms with Crippen LogP contribution >= 0.6 is 11.3 Å². The number of nitrogens with two attached hydrogens (primary N) is 1. The third-order valence-electron chi connectivity index (χ3n) is 7.98. The number of esters is 1. The highest BCUT2D eigenvalue weighted by molar-refractivity contribution is 7.10. The van der Waals surface area contributed by atoms with Crippen LogP contribution in [0.2, 0.25) is 0 Å². The number of carbonyl (C=O) groups is 2. The predicted molar refractivity (Wildman–Crippen MR) is 116 cm³/mol. The summed E-state index contributed by atoms with van der Waals surface area (Å²) in [5, 5.41) is 17.2. The number of rotatable bonds is 7. The largest absolute Gasteiger partial charge is 1.00 e. The number of ether oxygens (including phenoxy) is 1. The Morgan fingerprint density at radius 2 is 2.06 bits per heavy atom. The summed E-state index contributed by atoms with van der Waals surface area (Å²) in [6.45, 7) is 1.67. The molecule has 192 valence electrons. The van der Waals surface area contributed by atoms with Gasteiger partial charge in [0.2, 0.25) is 12.0 Å². The van der Waals surface area contributed by atoms with Gasteiger partial charge in [-0.2, -0.15) is 0 Å². The number of nitrogens with zero attached hydrogens (tertiary/aromatic N) is 2. The van der Waals surface area contributed by atoms with Gasteiger partial charge in [0.1, 0.15) is 12.8 Å². The first-order valence-corrected chi connectivity index (χ1v) is 12.4. The fraction of sp³-hybridized carbons (Fsp3) is 0.609. The number of hydrogen-bond donors (Lipinski definition) is 2. The van der Waals surface area contributed by atoms with Crippen molar-refractivity contribution >= 4 is 23.2 Å². The third kappa shape index (κ3) is 4.54. The van der Waals surface area contributed by atoms with Crippen LogP contribution in [-0.2, 0) is 19.9 Å². The Morgan fingerprint density at radius 3 is 2.60 bits per heavy atom. The molecule has 6 rings (SSSR count). The van der Waals surface area contributed by atoms with Crippen LogP contribution in [0, 0.1) is 11.8 Å². The average Bonchev–Trinajstić information content (AvgIpc) is 3.56. The highest BCUT2D eigenvalue weighted by Crippen LogP contribution is 2.50. The quantitative estimate of drug-likeness (QED) is 0.347. The topological polar surface area (TPSA) is 116 Å². The number of carbonyl (C=O) groups excluding carboxylic acids is 2. The van der Waals surface area contributed by atoms with Crippen LogP contribution in [0.5, 0.6) is 0 Å². The zero-order chi connectivity index (χ0) is 24.1. The van der Waals surface area contributed by atoms with E-state index < -0.39 is 47.9 Å². The van der Waals surface area contributed by atoms with Crippen molar-refractivity contribution in [3.8, 4) is 0 Å². The minimum atomic E-state index is -2.92. The minimum absolute atomic E-state index is 0. The van der Waals surface area contributed by atoms with Gasteiger partial charge in [0.15, 0.2) is 17.4 Å². The van der Waals surface area contributed by atoms with Gasteiger partial charge in [-0.05, 0) is 17.9 Å². The lowest BCUT2D eigenvalue weighted by Gasteiger charge is -2.54. The normalized spacial score (nSPS) is 31.8. The van der Waals surface area contributed by atoms with E-state index >= 15 is 0 Å². The molecule has 2 aromatic heterocycles. The maximum Gasteiger partial charge on any atom is 0.344 e. The first-order valence-electron chi connectivity index (χ1n) is 11.6. The van der Waals surface area contributed by atoms with Crippen LogP contribution in [0.1, 0.15) is 48.7 Å². The second kappa shape index (κ2) is 9.53. The van der Waals surface area contributed by atoms with Crippen LogP contribution < -0.4 is 22.7 Å². The molecule has 4 fully saturated rings. The number of hydrogen-bond acceptors (Lipinski definition) is 7. The molecule has 1 aliphatic carbocycles. The molecule has 3 saturated heterocycles. The Morgan fingerprint density at radius 1 is 1.31 bits per heavy atom. The number of piperidine rings is 3. The van der Waals surface area contributed by atoms with Crippen molar-refractivity contribution in [2.75, 3.05) is 19.6 Å². The van der Waals surface area contributed by atoms with Crippen LogP contribution in [0.4, 0.5) is 8.78 Å². The van der Waals surface area contributed by atoms with Crippen molar-refractivity contribution in [2.45, 2.75) is 55.8 Å². The minimum Gasteiger partial charge on any atom is -1.00 e. The Balaban J connectivity index is 0.00000289. The number of aromatic nitrogens is 1. The Kier molecular flexibility index (Phi) is 7.13. The van der Waals surface area contributed by atoms with Crippen LogP contribution in [0.15, 0.2) is 34.4 Å². The van der Waals surface area contributed by atoms with Gasteiger partial charge in [-0.3, -0.25) is 4.79 Å². The molecule has 3 N–H and O–H groups in total. The van der Waals surface area contributed by atoms with Gasteiger partial charge in [0, 0.05) is 48.5 Å². The fourth-order valence-electron chi connectivity index (χ4n) is 6.22. The number of amides is 1. The summed E-state index contributed by atoms with van der Waals surface area (Å²) >= 11 is 1.15. The summed E-state index contributed by atoms with van der Waals surface area (Å²) in [6.07, 6.45) is 1.31. The summed E-state index contributed by atoms with van der Waals surface area (Å²) in [6, 6.07) is 4.13. The van der Waals surface area contributed by atoms with Crippen LogP contribution in [0.25, 0.3) is 0 Å². The number of aliphatic hydroxyl groups is 1. The lowest BCUT2D eigenvalue weighted by molar-refractivity contribution is -0.965. The molecule has 0 aromatic carbocycles. The summed E-state index contributed by atoms with van der Waals surface area (Å²) in [5.74, 6) is -5.24. The standard InChI is InChI=1S/C23H27F2N3O5S.BrH/c24-22(25)7-3-15(12-22)23(31,18-2-1-11-34-18)21(30)33-17-13-28(8-4-14(17)5-9-28)19(20(26)29)16-6-10-32-27-16;/h1-2,6,10-11,14-15,17,19,31H,3-5,7-9,12-13H2,(H-,26,29);1H/t14?,15?,17-,19?,23?,28?;/m0./s1. The predicted octanol–water partition coefficient (Wildman–Crippen LogP) is -0.258. The molecule has 2 bridgehead atoms. The van der Waals surface area contributed by atoms with Gasteiger partial charge >= 0.3 is 5.97 Å². The number of primary amides is 1. The molecule has 8 nitrogen and oxygen atoms in total. The summed E-state index contributed by atoms with van der Waals surface area (Å²) in [4.78, 5) is 26.3. The lowest BCUT2D eigenvalue weighted by Crippen LogP contribution is -3.00. The first-order chi connectivity index (χ1) is 16.1. The van der Waals surface area contributed by atoms with Crippen molar-refractivity contribution in [2.24, 2.45) is 17.6 Å². The number of thiophene rings is 1. The number of quaternary nitrogens is 1. The molecule has 0 radical (unpaired) electrons. The van der Waals surface area contributed by atoms with Gasteiger partial charge in [0.05, 0.1) is 13.1 Å². The second-order valence-electron chi connectivity index (χ2n) is 9.90. The number of fused-ring (bicyclic) bond motifs is 3. The van der Waals surface area contributed by atoms with E-state index in [4.69, 9.17) is 15.0 Å². The van der Waals surface area contributed by atoms with Crippen LogP contribution in [-0.4, -0.2) is 58.3 Å². The number of alkyl halides is 2. The van der Waals surface area contributed by atoms with E-state index in [2.05, 4.69) is 5.16 Å². The molecular formula is C23H28BrF2N3O5S. The van der Waals surface area contributed by atoms with Crippen molar-refractivity contribution in [3.63, 3.8) is 0 Å². The highest BCUT2D eigenvalue weighted by Gasteiger charge is 2.58. The van der Waals surface area contributed by atoms with E-state index in [1.54, 1.807) is 23.6 Å². The van der Waals surface area contributed by atoms with E-state index in [-0.39, 0.29) is 40.2 Å². The SMILES string of the molecule is NC(=O)C(c1ccon1)[N+]12CCC(CC1)[C@@H](OC(=O)C(O)(c1cccs1)C1CCC(F)(F)C1)C2.[Br-]. The Labute approximate surface area is 215 Å². The summed E-state index contributed by atoms with van der Waals surface area (Å²) in [7, 11) is 0. The molecule has 0 spiro atoms. The van der Waals surface area contributed by atoms with E-state index in [1.807, 2.05) is 0 Å². The molecule has 4 atom stereocenters. The molecule has 3 unspecified atom stereocenters. The lowest BCUT2D eigenvalue weighted by atomic mass is 9.80. The molecule has 1 saturated carbocycles. The van der Waals surface area contributed by atoms with E-state index in [0.29, 0.717) is 43.0 Å². The molecule has 3 aliphatic heterocycles. The van der Waals surface area contributed by atoms with E-state index in [1.165, 1.54) is 6.26 Å². The monoisotopic (exact) mass is 575 g/mol. The van der Waals surface area contributed by atoms with E-state index in [9.17, 15) is 23.5 Å². The Hall–Kier alpha value is -1.89. The molecule has 35 heavy (non-hydrogen) atoms. The highest BCUT2D eigenvalue weighted by atomic mass is 79.9. The smallest absolute Gasteiger partial charge is 0.344 e. The van der Waals surface area contributed by atoms with E-state index in [0.717, 1.165) is 11.3 Å². The van der Waals surface area contributed by atoms with Gasteiger partial charge in [0.25, 0.3) is 5.91 Å². The third-order valence-corrected chi connectivity index (χ3v) is 8.97. The molecule has 1 amide bonds. The molecule has 4 aliphatic rings. The maximum absolute atomic E-state index is 14.0. The van der Waals surface area contributed by atoms with Crippen molar-refractivity contribution in [3.05, 3.63) is 40.4 Å². The first kappa shape index (κ1) is 26.2. The molecule has 2 aromatic rings. The van der Waals surface area contributed by atoms with Gasteiger partial charge in [-0.15, -0.1) is 11.3 Å². The number of halogens is 3. The van der Waals surface area contributed by atoms with Gasteiger partial charge in [-0.25, -0.2) is 13.6 Å². The van der Waals surface area contributed by atoms with Crippen molar-refractivity contribution in [1.29, 1.82) is 0 Å². The van der Waals surface area contributed by atoms with Gasteiger partial charge < -0.3 is 41.6 Å². The van der Waals surface area contributed by atoms with Crippen molar-refractivity contribution < 1.29 is 54.2 Å². The maximum atomic E-state index is 14.0. The average molecular weight is 576 g/mol. The van der Waals surface area contributed by atoms with Crippen LogP contribution in [0.3, 0.4) is 0 Å². The summed E-state index contributed by atoms with van der Waals surface area (Å²) < 4.78 is 39.2. The fourth-order valence-corrected chi connectivity index (χ4v) is 7.11. The molecule has 5 heterocycles. The zero-order valence-corrected chi connectivity index (χ0v) is 21.3. The van der Waals surface area contributed by atoms with Crippen molar-refractivity contribution in [1.82, 2.24) is 5.16 Å².